The standard InChI is InChI=1S/C33H31N3O5/c1-18-19(2)34-32-24(18)6-5-7-25(32)33(37)36(22-8-9-22)16-21-12-20-13-29-30(41-17-40-29)15-27(20)35-31(21)26-14-23(38-3)10-11-28(26)39-4/h5-7,10-15,22,34H,8-9,16-17H2,1-4H3. The van der Waals surface area contributed by atoms with E-state index in [4.69, 9.17) is 23.9 Å². The van der Waals surface area contributed by atoms with E-state index in [-0.39, 0.29) is 18.7 Å². The molecular weight excluding hydrogens is 518 g/mol. The van der Waals surface area contributed by atoms with Gasteiger partial charge in [0, 0.05) is 40.7 Å². The predicted octanol–water partition coefficient (Wildman–Crippen LogP) is 6.55. The van der Waals surface area contributed by atoms with Crippen molar-refractivity contribution in [1.29, 1.82) is 0 Å². The number of pyridine rings is 1. The van der Waals surface area contributed by atoms with E-state index in [2.05, 4.69) is 24.0 Å². The first-order valence-corrected chi connectivity index (χ1v) is 13.8. The fraction of sp³-hybridized carbons (Fsp3) is 0.273. The number of H-pyrrole nitrogens is 1. The van der Waals surface area contributed by atoms with Crippen molar-refractivity contribution in [3.8, 4) is 34.3 Å². The Bertz CT molecular complexity index is 1840. The molecule has 8 heteroatoms. The number of rotatable bonds is 7. The summed E-state index contributed by atoms with van der Waals surface area (Å²) in [5.41, 5.74) is 7.01. The normalized spacial score (nSPS) is 14.0. The topological polar surface area (TPSA) is 85.9 Å². The molecule has 1 N–H and O–H groups in total. The van der Waals surface area contributed by atoms with Crippen LogP contribution >= 0.6 is 0 Å². The van der Waals surface area contributed by atoms with Gasteiger partial charge in [0.15, 0.2) is 11.5 Å². The summed E-state index contributed by atoms with van der Waals surface area (Å²) in [6, 6.07) is 17.7. The average molecular weight is 550 g/mol. The van der Waals surface area contributed by atoms with Crippen molar-refractivity contribution in [2.45, 2.75) is 39.3 Å². The van der Waals surface area contributed by atoms with Crippen LogP contribution in [0.5, 0.6) is 23.0 Å². The fourth-order valence-electron chi connectivity index (χ4n) is 5.71. The van der Waals surface area contributed by atoms with E-state index in [9.17, 15) is 4.79 Å². The molecule has 41 heavy (non-hydrogen) atoms. The molecule has 0 bridgehead atoms. The van der Waals surface area contributed by atoms with E-state index < -0.39 is 0 Å². The van der Waals surface area contributed by atoms with Crippen molar-refractivity contribution in [3.63, 3.8) is 0 Å². The number of benzene rings is 3. The molecule has 0 radical (unpaired) electrons. The molecule has 1 saturated carbocycles. The van der Waals surface area contributed by atoms with E-state index in [1.54, 1.807) is 14.2 Å². The molecule has 2 aliphatic rings. The number of carbonyl (C=O) groups excluding carboxylic acids is 1. The Hall–Kier alpha value is -4.72. The summed E-state index contributed by atoms with van der Waals surface area (Å²) >= 11 is 0. The zero-order valence-corrected chi connectivity index (χ0v) is 23.5. The summed E-state index contributed by atoms with van der Waals surface area (Å²) < 4.78 is 22.6. The molecule has 3 heterocycles. The minimum Gasteiger partial charge on any atom is -0.497 e. The number of ether oxygens (including phenoxy) is 4. The number of nitrogens with zero attached hydrogens (tertiary/aromatic N) is 2. The second kappa shape index (κ2) is 9.73. The fourth-order valence-corrected chi connectivity index (χ4v) is 5.71. The largest absolute Gasteiger partial charge is 0.497 e. The summed E-state index contributed by atoms with van der Waals surface area (Å²) in [4.78, 5) is 24.8. The van der Waals surface area contributed by atoms with Crippen molar-refractivity contribution in [3.05, 3.63) is 77.0 Å². The van der Waals surface area contributed by atoms with Crippen LogP contribution in [0, 0.1) is 13.8 Å². The van der Waals surface area contributed by atoms with E-state index in [1.165, 1.54) is 0 Å². The van der Waals surface area contributed by atoms with Gasteiger partial charge in [-0.3, -0.25) is 4.79 Å². The highest BCUT2D eigenvalue weighted by atomic mass is 16.7. The van der Waals surface area contributed by atoms with Crippen molar-refractivity contribution in [2.24, 2.45) is 0 Å². The third-order valence-electron chi connectivity index (χ3n) is 8.21. The molecule has 1 aliphatic heterocycles. The molecule has 0 saturated heterocycles. The van der Waals surface area contributed by atoms with E-state index in [0.29, 0.717) is 35.1 Å². The van der Waals surface area contributed by atoms with Gasteiger partial charge in [-0.05, 0) is 74.2 Å². The van der Waals surface area contributed by atoms with Gasteiger partial charge in [-0.2, -0.15) is 0 Å². The van der Waals surface area contributed by atoms with Gasteiger partial charge in [-0.25, -0.2) is 4.98 Å². The summed E-state index contributed by atoms with van der Waals surface area (Å²) in [5.74, 6) is 2.73. The lowest BCUT2D eigenvalue weighted by Crippen LogP contribution is -2.33. The molecule has 8 nitrogen and oxygen atoms in total. The zero-order chi connectivity index (χ0) is 28.2. The smallest absolute Gasteiger partial charge is 0.256 e. The molecule has 7 rings (SSSR count). The Kier molecular flexibility index (Phi) is 5.99. The molecule has 0 unspecified atom stereocenters. The number of hydrogen-bond acceptors (Lipinski definition) is 6. The Balaban J connectivity index is 1.38. The molecule has 5 aromatic rings. The van der Waals surface area contributed by atoms with Crippen LogP contribution in [0.4, 0.5) is 0 Å². The maximum atomic E-state index is 14.3. The van der Waals surface area contributed by atoms with Crippen LogP contribution in [0.2, 0.25) is 0 Å². The van der Waals surface area contributed by atoms with Crippen molar-refractivity contribution in [2.75, 3.05) is 21.0 Å². The molecule has 2 aromatic heterocycles. The van der Waals surface area contributed by atoms with Gasteiger partial charge in [-0.1, -0.05) is 12.1 Å². The number of aromatic nitrogens is 2. The van der Waals surface area contributed by atoms with Crippen molar-refractivity contribution in [1.82, 2.24) is 14.9 Å². The van der Waals surface area contributed by atoms with Gasteiger partial charge in [0.25, 0.3) is 5.91 Å². The maximum absolute atomic E-state index is 14.3. The summed E-state index contributed by atoms with van der Waals surface area (Å²) in [7, 11) is 3.28. The zero-order valence-electron chi connectivity index (χ0n) is 23.5. The number of hydrogen-bond donors (Lipinski definition) is 1. The first-order valence-electron chi connectivity index (χ1n) is 13.8. The molecule has 0 atom stereocenters. The lowest BCUT2D eigenvalue weighted by molar-refractivity contribution is 0.0732. The number of amides is 1. The minimum atomic E-state index is 0.00805. The van der Waals surface area contributed by atoms with Gasteiger partial charge in [0.05, 0.1) is 36.5 Å². The number of para-hydroxylation sites is 1. The summed E-state index contributed by atoms with van der Waals surface area (Å²) in [6.07, 6.45) is 1.95. The summed E-state index contributed by atoms with van der Waals surface area (Å²) in [5, 5.41) is 1.99. The van der Waals surface area contributed by atoms with Gasteiger partial charge in [0.2, 0.25) is 6.79 Å². The number of fused-ring (bicyclic) bond motifs is 3. The predicted molar refractivity (Wildman–Crippen MR) is 157 cm³/mol. The number of aromatic amines is 1. The molecule has 208 valence electrons. The Labute approximate surface area is 237 Å². The van der Waals surface area contributed by atoms with Crippen LogP contribution < -0.4 is 18.9 Å². The maximum Gasteiger partial charge on any atom is 0.256 e. The SMILES string of the molecule is COc1ccc(OC)c(-c2nc3cc4c(cc3cc2CN(C(=O)c2cccc3c(C)c(C)[nH]c23)C2CC2)OCO4)c1. The quantitative estimate of drug-likeness (QED) is 0.248. The Morgan fingerprint density at radius 2 is 1.83 bits per heavy atom. The highest BCUT2D eigenvalue weighted by molar-refractivity contribution is 6.07. The van der Waals surface area contributed by atoms with Gasteiger partial charge in [0.1, 0.15) is 11.5 Å². The van der Waals surface area contributed by atoms with Gasteiger partial charge in [-0.15, -0.1) is 0 Å². The molecule has 1 aliphatic carbocycles. The second-order valence-electron chi connectivity index (χ2n) is 10.7. The van der Waals surface area contributed by atoms with E-state index in [0.717, 1.165) is 62.7 Å². The van der Waals surface area contributed by atoms with E-state index >= 15 is 0 Å². The average Bonchev–Trinajstić information content (AvgIpc) is 3.66. The lowest BCUT2D eigenvalue weighted by atomic mass is 10.0. The third-order valence-corrected chi connectivity index (χ3v) is 8.21. The number of carbonyl (C=O) groups is 1. The van der Waals surface area contributed by atoms with Crippen molar-refractivity contribution >= 4 is 27.7 Å². The first-order chi connectivity index (χ1) is 19.9. The number of nitrogens with one attached hydrogen (secondary N) is 1. The molecule has 3 aromatic carbocycles. The Morgan fingerprint density at radius 1 is 1.02 bits per heavy atom. The first kappa shape index (κ1) is 25.3. The van der Waals surface area contributed by atoms with Gasteiger partial charge >= 0.3 is 0 Å². The monoisotopic (exact) mass is 549 g/mol. The lowest BCUT2D eigenvalue weighted by Gasteiger charge is -2.25. The van der Waals surface area contributed by atoms with Gasteiger partial charge < -0.3 is 28.8 Å². The molecule has 1 amide bonds. The van der Waals surface area contributed by atoms with Crippen LogP contribution in [-0.4, -0.2) is 47.8 Å². The van der Waals surface area contributed by atoms with Crippen LogP contribution in [-0.2, 0) is 6.54 Å². The van der Waals surface area contributed by atoms with Crippen LogP contribution in [0.3, 0.4) is 0 Å². The number of methoxy groups -OCH3 is 2. The van der Waals surface area contributed by atoms with Crippen molar-refractivity contribution < 1.29 is 23.7 Å². The van der Waals surface area contributed by atoms with Crippen LogP contribution in [0.15, 0.2) is 54.6 Å². The molecule has 1 fully saturated rings. The minimum absolute atomic E-state index is 0.00805. The Morgan fingerprint density at radius 3 is 2.59 bits per heavy atom. The highest BCUT2D eigenvalue weighted by Crippen LogP contribution is 2.41. The van der Waals surface area contributed by atoms with Crippen LogP contribution in [0.25, 0.3) is 33.1 Å². The third kappa shape index (κ3) is 4.30. The summed E-state index contributed by atoms with van der Waals surface area (Å²) in [6.45, 7) is 4.71. The second-order valence-corrected chi connectivity index (χ2v) is 10.7. The highest BCUT2D eigenvalue weighted by Gasteiger charge is 2.35. The van der Waals surface area contributed by atoms with E-state index in [1.807, 2.05) is 54.3 Å². The molecule has 0 spiro atoms. The number of aryl methyl sites for hydroxylation is 2. The van der Waals surface area contributed by atoms with Crippen LogP contribution in [0.1, 0.15) is 40.0 Å². The molecular formula is C33H31N3O5.